The van der Waals surface area contributed by atoms with E-state index in [-0.39, 0.29) is 22.9 Å². The maximum Gasteiger partial charge on any atom is 0.416 e. The second kappa shape index (κ2) is 7.51. The molecule has 0 spiro atoms. The zero-order chi connectivity index (χ0) is 18.8. The summed E-state index contributed by atoms with van der Waals surface area (Å²) in [5.41, 5.74) is -0.446. The van der Waals surface area contributed by atoms with E-state index in [0.717, 1.165) is 18.2 Å². The zero-order valence-electron chi connectivity index (χ0n) is 12.2. The van der Waals surface area contributed by atoms with Crippen molar-refractivity contribution < 1.29 is 17.9 Å². The molecule has 2 aromatic rings. The van der Waals surface area contributed by atoms with Crippen molar-refractivity contribution in [1.29, 1.82) is 5.26 Å². The van der Waals surface area contributed by atoms with Crippen molar-refractivity contribution in [3.63, 3.8) is 0 Å². The van der Waals surface area contributed by atoms with E-state index >= 15 is 0 Å². The highest BCUT2D eigenvalue weighted by molar-refractivity contribution is 6.50. The van der Waals surface area contributed by atoms with Gasteiger partial charge in [0.2, 0.25) is 4.33 Å². The first-order chi connectivity index (χ1) is 11.5. The third-order valence-electron chi connectivity index (χ3n) is 3.08. The summed E-state index contributed by atoms with van der Waals surface area (Å²) in [4.78, 5) is 0. The number of rotatable bonds is 4. The van der Waals surface area contributed by atoms with Crippen molar-refractivity contribution in [1.82, 2.24) is 0 Å². The molecule has 0 fully saturated rings. The molecule has 0 aliphatic carbocycles. The lowest BCUT2D eigenvalue weighted by Gasteiger charge is -2.14. The monoisotopic (exact) mass is 427 g/mol. The second-order valence-electron chi connectivity index (χ2n) is 4.99. The molecule has 0 bridgehead atoms. The van der Waals surface area contributed by atoms with E-state index in [9.17, 15) is 13.2 Å². The van der Waals surface area contributed by atoms with Gasteiger partial charge in [-0.05, 0) is 42.0 Å². The SMILES string of the molecule is N#CC(Cl)(Cl)Cc1cc(Oc2ccc(C(F)(F)F)cc2Cl)ccc1Cl. The van der Waals surface area contributed by atoms with Crippen LogP contribution < -0.4 is 4.74 Å². The highest BCUT2D eigenvalue weighted by atomic mass is 35.5. The molecule has 0 aromatic heterocycles. The van der Waals surface area contributed by atoms with Crippen LogP contribution in [0.25, 0.3) is 0 Å². The van der Waals surface area contributed by atoms with Gasteiger partial charge in [-0.2, -0.15) is 18.4 Å². The number of hydrogen-bond donors (Lipinski definition) is 0. The Labute approximate surface area is 161 Å². The van der Waals surface area contributed by atoms with Gasteiger partial charge in [-0.25, -0.2) is 0 Å². The fourth-order valence-corrected chi connectivity index (χ4v) is 2.61. The van der Waals surface area contributed by atoms with Gasteiger partial charge in [0.1, 0.15) is 17.6 Å². The summed E-state index contributed by atoms with van der Waals surface area (Å²) in [6.07, 6.45) is -4.57. The van der Waals surface area contributed by atoms with Crippen LogP contribution in [0, 0.1) is 11.3 Å². The Morgan fingerprint density at radius 1 is 1.00 bits per heavy atom. The van der Waals surface area contributed by atoms with E-state index < -0.39 is 16.1 Å². The van der Waals surface area contributed by atoms with Crippen molar-refractivity contribution in [2.75, 3.05) is 0 Å². The Morgan fingerprint density at radius 3 is 2.24 bits per heavy atom. The third-order valence-corrected chi connectivity index (χ3v) is 4.18. The van der Waals surface area contributed by atoms with E-state index in [1.54, 1.807) is 6.07 Å². The molecule has 0 N–H and O–H groups in total. The van der Waals surface area contributed by atoms with E-state index in [1.807, 2.05) is 0 Å². The predicted octanol–water partition coefficient (Wildman–Crippen LogP) is 7.04. The van der Waals surface area contributed by atoms with Gasteiger partial charge in [-0.1, -0.05) is 46.4 Å². The molecule has 0 atom stereocenters. The van der Waals surface area contributed by atoms with E-state index in [1.165, 1.54) is 18.2 Å². The van der Waals surface area contributed by atoms with E-state index in [4.69, 9.17) is 56.4 Å². The normalized spacial score (nSPS) is 11.9. The summed E-state index contributed by atoms with van der Waals surface area (Å²) in [6.45, 7) is 0. The summed E-state index contributed by atoms with van der Waals surface area (Å²) in [7, 11) is 0. The lowest BCUT2D eigenvalue weighted by Crippen LogP contribution is -2.13. The Kier molecular flexibility index (Phi) is 6.01. The standard InChI is InChI=1S/C16H8Cl4F3NO/c17-12-3-2-11(5-9(12)7-15(19,20)8-24)25-14-4-1-10(6-13(14)18)16(21,22)23/h1-6H,7H2. The fourth-order valence-electron chi connectivity index (χ4n) is 1.92. The number of nitrogens with zero attached hydrogens (tertiary/aromatic N) is 1. The molecule has 0 aliphatic heterocycles. The molecule has 0 saturated heterocycles. The molecule has 0 saturated carbocycles. The summed E-state index contributed by atoms with van der Waals surface area (Å²) in [5.74, 6) is 0.286. The van der Waals surface area contributed by atoms with Crippen LogP contribution in [0.15, 0.2) is 36.4 Å². The van der Waals surface area contributed by atoms with Crippen LogP contribution in [0.4, 0.5) is 13.2 Å². The number of nitriles is 1. The summed E-state index contributed by atoms with van der Waals surface area (Å²) >= 11 is 23.5. The van der Waals surface area contributed by atoms with Gasteiger partial charge in [-0.3, -0.25) is 0 Å². The lowest BCUT2D eigenvalue weighted by atomic mass is 10.1. The average Bonchev–Trinajstić information content (AvgIpc) is 2.51. The number of ether oxygens (including phenoxy) is 1. The van der Waals surface area contributed by atoms with Crippen molar-refractivity contribution in [3.05, 3.63) is 57.6 Å². The van der Waals surface area contributed by atoms with Gasteiger partial charge in [0, 0.05) is 11.4 Å². The minimum atomic E-state index is -4.50. The van der Waals surface area contributed by atoms with Crippen molar-refractivity contribution in [2.45, 2.75) is 16.9 Å². The molecule has 0 aliphatic rings. The van der Waals surface area contributed by atoms with Crippen LogP contribution in [0.2, 0.25) is 10.0 Å². The summed E-state index contributed by atoms with van der Waals surface area (Å²) < 4.78 is 41.8. The van der Waals surface area contributed by atoms with Crippen molar-refractivity contribution >= 4 is 46.4 Å². The van der Waals surface area contributed by atoms with Gasteiger partial charge < -0.3 is 4.74 Å². The minimum Gasteiger partial charge on any atom is -0.456 e. The van der Waals surface area contributed by atoms with Crippen LogP contribution in [0.3, 0.4) is 0 Å². The Morgan fingerprint density at radius 2 is 1.68 bits per heavy atom. The molecule has 9 heteroatoms. The van der Waals surface area contributed by atoms with Crippen LogP contribution in [0.5, 0.6) is 11.5 Å². The van der Waals surface area contributed by atoms with E-state index in [2.05, 4.69) is 0 Å². The van der Waals surface area contributed by atoms with Crippen molar-refractivity contribution in [2.24, 2.45) is 0 Å². The first-order valence-corrected chi connectivity index (χ1v) is 8.15. The highest BCUT2D eigenvalue weighted by Gasteiger charge is 2.31. The molecule has 2 aromatic carbocycles. The second-order valence-corrected chi connectivity index (χ2v) is 7.29. The first-order valence-electron chi connectivity index (χ1n) is 6.64. The molecule has 2 rings (SSSR count). The Balaban J connectivity index is 2.28. The zero-order valence-corrected chi connectivity index (χ0v) is 15.2. The van der Waals surface area contributed by atoms with Gasteiger partial charge >= 0.3 is 6.18 Å². The molecular formula is C16H8Cl4F3NO. The number of halogens is 7. The fraction of sp³-hybridized carbons (Fsp3) is 0.188. The molecule has 2 nitrogen and oxygen atoms in total. The maximum atomic E-state index is 12.6. The molecule has 25 heavy (non-hydrogen) atoms. The smallest absolute Gasteiger partial charge is 0.416 e. The highest BCUT2D eigenvalue weighted by Crippen LogP contribution is 2.37. The maximum absolute atomic E-state index is 12.6. The van der Waals surface area contributed by atoms with Gasteiger partial charge in [0.15, 0.2) is 0 Å². The van der Waals surface area contributed by atoms with Crippen LogP contribution in [0.1, 0.15) is 11.1 Å². The van der Waals surface area contributed by atoms with Gasteiger partial charge in [-0.15, -0.1) is 0 Å². The number of hydrogen-bond acceptors (Lipinski definition) is 2. The summed E-state index contributed by atoms with van der Waals surface area (Å²) in [6, 6.07) is 8.93. The molecule has 0 unspecified atom stereocenters. The summed E-state index contributed by atoms with van der Waals surface area (Å²) in [5, 5.41) is 8.99. The molecular weight excluding hydrogens is 421 g/mol. The van der Waals surface area contributed by atoms with E-state index in [0.29, 0.717) is 10.6 Å². The number of benzene rings is 2. The van der Waals surface area contributed by atoms with Crippen LogP contribution >= 0.6 is 46.4 Å². The molecule has 0 radical (unpaired) electrons. The average molecular weight is 429 g/mol. The predicted molar refractivity (Wildman–Crippen MR) is 91.7 cm³/mol. The number of alkyl halides is 5. The Hall–Kier alpha value is -1.32. The minimum absolute atomic E-state index is 0.0335. The first kappa shape index (κ1) is 20.0. The molecule has 0 amide bonds. The van der Waals surface area contributed by atoms with Crippen molar-refractivity contribution in [3.8, 4) is 17.6 Å². The largest absolute Gasteiger partial charge is 0.456 e. The van der Waals surface area contributed by atoms with Crippen LogP contribution in [-0.2, 0) is 12.6 Å². The molecule has 0 heterocycles. The Bertz CT molecular complexity index is 831. The molecule has 132 valence electrons. The lowest BCUT2D eigenvalue weighted by molar-refractivity contribution is -0.137. The third kappa shape index (κ3) is 5.32. The quantitative estimate of drug-likeness (QED) is 0.489. The topological polar surface area (TPSA) is 33.0 Å². The van der Waals surface area contributed by atoms with Crippen LogP contribution in [-0.4, -0.2) is 4.33 Å². The van der Waals surface area contributed by atoms with Gasteiger partial charge in [0.05, 0.1) is 10.6 Å². The van der Waals surface area contributed by atoms with Gasteiger partial charge in [0.25, 0.3) is 0 Å².